The maximum atomic E-state index is 11.7. The van der Waals surface area contributed by atoms with Gasteiger partial charge >= 0.3 is 5.97 Å². The van der Waals surface area contributed by atoms with Crippen molar-refractivity contribution < 1.29 is 14.6 Å². The molecular formula is C16H31NO3. The number of aliphatic carboxylic acids is 1. The monoisotopic (exact) mass is 285 g/mol. The molecule has 0 heterocycles. The number of hydrogen-bond acceptors (Lipinski definition) is 3. The van der Waals surface area contributed by atoms with E-state index in [1.807, 2.05) is 6.92 Å². The van der Waals surface area contributed by atoms with Crippen LogP contribution >= 0.6 is 0 Å². The molecule has 1 fully saturated rings. The van der Waals surface area contributed by atoms with E-state index in [9.17, 15) is 9.90 Å². The van der Waals surface area contributed by atoms with Crippen molar-refractivity contribution in [2.45, 2.75) is 77.4 Å². The lowest BCUT2D eigenvalue weighted by atomic mass is 9.94. The standard InChI is InChI=1S/C16H31NO3/c1-4-6-7-8-9-13(3)20-12-16(15(18)19,17-5-2)14-10-11-14/h13-14,17H,4-12H2,1-3H3,(H,18,19). The summed E-state index contributed by atoms with van der Waals surface area (Å²) in [6.45, 7) is 7.16. The zero-order valence-electron chi connectivity index (χ0n) is 13.3. The summed E-state index contributed by atoms with van der Waals surface area (Å²) in [6.07, 6.45) is 8.06. The highest BCUT2D eigenvalue weighted by atomic mass is 16.5. The number of carboxylic acids is 1. The molecule has 2 N–H and O–H groups in total. The molecule has 0 aliphatic heterocycles. The molecule has 0 bridgehead atoms. The Balaban J connectivity index is 2.39. The highest BCUT2D eigenvalue weighted by Gasteiger charge is 2.51. The Morgan fingerprint density at radius 2 is 2.05 bits per heavy atom. The lowest BCUT2D eigenvalue weighted by Crippen LogP contribution is -2.57. The molecule has 2 unspecified atom stereocenters. The molecule has 2 atom stereocenters. The van der Waals surface area contributed by atoms with Gasteiger partial charge in [-0.15, -0.1) is 0 Å². The molecule has 0 radical (unpaired) electrons. The number of unbranched alkanes of at least 4 members (excludes halogenated alkanes) is 3. The molecule has 0 aromatic carbocycles. The largest absolute Gasteiger partial charge is 0.480 e. The van der Waals surface area contributed by atoms with E-state index in [0.717, 1.165) is 19.3 Å². The van der Waals surface area contributed by atoms with Crippen molar-refractivity contribution in [2.75, 3.05) is 13.2 Å². The maximum absolute atomic E-state index is 11.7. The number of carbonyl (C=O) groups is 1. The molecule has 1 aliphatic rings. The number of rotatable bonds is 12. The third-order valence-corrected chi connectivity index (χ3v) is 4.21. The third kappa shape index (κ3) is 5.06. The predicted octanol–water partition coefficient (Wildman–Crippen LogP) is 3.20. The van der Waals surface area contributed by atoms with E-state index in [-0.39, 0.29) is 18.6 Å². The molecule has 0 amide bonds. The minimum absolute atomic E-state index is 0.142. The van der Waals surface area contributed by atoms with Gasteiger partial charge in [-0.3, -0.25) is 10.1 Å². The van der Waals surface area contributed by atoms with Crippen molar-refractivity contribution in [3.05, 3.63) is 0 Å². The molecule has 1 rings (SSSR count). The first-order chi connectivity index (χ1) is 9.56. The molecule has 0 spiro atoms. The molecule has 0 aromatic rings. The van der Waals surface area contributed by atoms with Crippen LogP contribution in [0.3, 0.4) is 0 Å². The molecule has 4 heteroatoms. The van der Waals surface area contributed by atoms with Crippen LogP contribution in [0, 0.1) is 5.92 Å². The van der Waals surface area contributed by atoms with Crippen molar-refractivity contribution in [3.8, 4) is 0 Å². The van der Waals surface area contributed by atoms with E-state index < -0.39 is 11.5 Å². The van der Waals surface area contributed by atoms with Crippen molar-refractivity contribution >= 4 is 5.97 Å². The van der Waals surface area contributed by atoms with Crippen LogP contribution < -0.4 is 5.32 Å². The van der Waals surface area contributed by atoms with Gasteiger partial charge in [-0.2, -0.15) is 0 Å². The minimum atomic E-state index is -0.869. The summed E-state index contributed by atoms with van der Waals surface area (Å²) in [6, 6.07) is 0. The molecule has 118 valence electrons. The van der Waals surface area contributed by atoms with Gasteiger partial charge in [0, 0.05) is 0 Å². The lowest BCUT2D eigenvalue weighted by molar-refractivity contribution is -0.150. The van der Waals surface area contributed by atoms with Crippen LogP contribution in [0.1, 0.15) is 65.7 Å². The Kier molecular flexibility index (Phi) is 7.52. The first kappa shape index (κ1) is 17.4. The summed E-state index contributed by atoms with van der Waals surface area (Å²) in [7, 11) is 0. The third-order valence-electron chi connectivity index (χ3n) is 4.21. The van der Waals surface area contributed by atoms with Crippen molar-refractivity contribution in [3.63, 3.8) is 0 Å². The smallest absolute Gasteiger partial charge is 0.326 e. The molecule has 0 saturated heterocycles. The zero-order chi connectivity index (χ0) is 15.0. The van der Waals surface area contributed by atoms with E-state index in [1.54, 1.807) is 0 Å². The average Bonchev–Trinajstić information content (AvgIpc) is 3.24. The van der Waals surface area contributed by atoms with Crippen LogP contribution in [-0.2, 0) is 9.53 Å². The SMILES string of the molecule is CCCCCCC(C)OCC(NCC)(C(=O)O)C1CC1. The summed E-state index contributed by atoms with van der Waals surface area (Å²) in [5.74, 6) is -0.535. The molecule has 1 aliphatic carbocycles. The predicted molar refractivity (Wildman–Crippen MR) is 80.9 cm³/mol. The Morgan fingerprint density at radius 1 is 1.35 bits per heavy atom. The minimum Gasteiger partial charge on any atom is -0.480 e. The maximum Gasteiger partial charge on any atom is 0.326 e. The number of hydrogen-bond donors (Lipinski definition) is 2. The van der Waals surface area contributed by atoms with Crippen molar-refractivity contribution in [2.24, 2.45) is 5.92 Å². The van der Waals surface area contributed by atoms with E-state index >= 15 is 0 Å². The Bertz CT molecular complexity index is 291. The fraction of sp³-hybridized carbons (Fsp3) is 0.938. The van der Waals surface area contributed by atoms with E-state index in [1.165, 1.54) is 25.7 Å². The van der Waals surface area contributed by atoms with Gasteiger partial charge in [-0.1, -0.05) is 39.5 Å². The first-order valence-corrected chi connectivity index (χ1v) is 8.16. The lowest BCUT2D eigenvalue weighted by Gasteiger charge is -2.31. The summed E-state index contributed by atoms with van der Waals surface area (Å²) in [5, 5.41) is 12.7. The average molecular weight is 285 g/mol. The summed E-state index contributed by atoms with van der Waals surface area (Å²) < 4.78 is 5.86. The van der Waals surface area contributed by atoms with Crippen LogP contribution in [0.5, 0.6) is 0 Å². The fourth-order valence-electron chi connectivity index (χ4n) is 2.73. The van der Waals surface area contributed by atoms with E-state index in [2.05, 4.69) is 19.2 Å². The topological polar surface area (TPSA) is 58.6 Å². The second kappa shape index (κ2) is 8.63. The van der Waals surface area contributed by atoms with Gasteiger partial charge in [-0.05, 0) is 38.6 Å². The van der Waals surface area contributed by atoms with Gasteiger partial charge in [0.15, 0.2) is 0 Å². The van der Waals surface area contributed by atoms with E-state index in [0.29, 0.717) is 6.54 Å². The van der Waals surface area contributed by atoms with Gasteiger partial charge in [0.25, 0.3) is 0 Å². The highest BCUT2D eigenvalue weighted by Crippen LogP contribution is 2.40. The van der Waals surface area contributed by atoms with Crippen molar-refractivity contribution in [1.29, 1.82) is 0 Å². The van der Waals surface area contributed by atoms with Crippen molar-refractivity contribution in [1.82, 2.24) is 5.32 Å². The number of carboxylic acid groups (broad SMARTS) is 1. The molecule has 4 nitrogen and oxygen atoms in total. The Morgan fingerprint density at radius 3 is 2.55 bits per heavy atom. The quantitative estimate of drug-likeness (QED) is 0.541. The number of likely N-dealkylation sites (N-methyl/N-ethyl adjacent to an activating group) is 1. The van der Waals surface area contributed by atoms with Gasteiger partial charge in [0.1, 0.15) is 5.54 Å². The van der Waals surface area contributed by atoms with Gasteiger partial charge in [-0.25, -0.2) is 0 Å². The highest BCUT2D eigenvalue weighted by molar-refractivity contribution is 5.80. The number of nitrogens with one attached hydrogen (secondary N) is 1. The van der Waals surface area contributed by atoms with Crippen LogP contribution in [0.2, 0.25) is 0 Å². The zero-order valence-corrected chi connectivity index (χ0v) is 13.3. The molecular weight excluding hydrogens is 254 g/mol. The fourth-order valence-corrected chi connectivity index (χ4v) is 2.73. The van der Waals surface area contributed by atoms with Gasteiger partial charge < -0.3 is 9.84 Å². The Labute approximate surface area is 123 Å². The number of ether oxygens (including phenoxy) is 1. The van der Waals surface area contributed by atoms with Gasteiger partial charge in [0.05, 0.1) is 12.7 Å². The summed E-state index contributed by atoms with van der Waals surface area (Å²) >= 11 is 0. The van der Waals surface area contributed by atoms with E-state index in [4.69, 9.17) is 4.74 Å². The molecule has 0 aromatic heterocycles. The summed E-state index contributed by atoms with van der Waals surface area (Å²) in [4.78, 5) is 11.7. The van der Waals surface area contributed by atoms with Crippen LogP contribution in [-0.4, -0.2) is 35.9 Å². The first-order valence-electron chi connectivity index (χ1n) is 8.16. The summed E-state index contributed by atoms with van der Waals surface area (Å²) in [5.41, 5.74) is -0.869. The van der Waals surface area contributed by atoms with Gasteiger partial charge in [0.2, 0.25) is 0 Å². The molecule has 1 saturated carbocycles. The second-order valence-corrected chi connectivity index (χ2v) is 6.05. The van der Waals surface area contributed by atoms with Crippen LogP contribution in [0.4, 0.5) is 0 Å². The second-order valence-electron chi connectivity index (χ2n) is 6.05. The van der Waals surface area contributed by atoms with Crippen LogP contribution in [0.15, 0.2) is 0 Å². The normalized spacial score (nSPS) is 19.6. The van der Waals surface area contributed by atoms with Crippen LogP contribution in [0.25, 0.3) is 0 Å². The molecule has 20 heavy (non-hydrogen) atoms. The Hall–Kier alpha value is -0.610.